The third-order valence-corrected chi connectivity index (χ3v) is 4.37. The minimum atomic E-state index is -1.05. The number of fused-ring (bicyclic) bond motifs is 1. The summed E-state index contributed by atoms with van der Waals surface area (Å²) in [6, 6.07) is 11.6. The second-order valence-electron chi connectivity index (χ2n) is 5.77. The largest absolute Gasteiger partial charge is 0.496 e. The van der Waals surface area contributed by atoms with E-state index in [0.717, 1.165) is 22.4 Å². The molecule has 0 aliphatic heterocycles. The number of halogens is 1. The van der Waals surface area contributed by atoms with E-state index in [0.29, 0.717) is 19.4 Å². The maximum absolute atomic E-state index is 12.9. The molecule has 0 fully saturated rings. The number of rotatable bonds is 4. The summed E-state index contributed by atoms with van der Waals surface area (Å²) in [4.78, 5) is 12.6. The van der Waals surface area contributed by atoms with E-state index in [1.54, 1.807) is 19.2 Å². The van der Waals surface area contributed by atoms with Gasteiger partial charge in [0, 0.05) is 6.54 Å². The molecule has 1 amide bonds. The molecule has 1 aliphatic carbocycles. The maximum Gasteiger partial charge on any atom is 0.244 e. The van der Waals surface area contributed by atoms with Gasteiger partial charge in [-0.15, -0.1) is 0 Å². The van der Waals surface area contributed by atoms with Crippen LogP contribution in [0.2, 0.25) is 0 Å². The summed E-state index contributed by atoms with van der Waals surface area (Å²) in [6.07, 6.45) is 1.25. The molecule has 2 aromatic rings. The van der Waals surface area contributed by atoms with Crippen molar-refractivity contribution in [3.05, 3.63) is 65.0 Å². The monoisotopic (exact) mass is 314 g/mol. The fourth-order valence-electron chi connectivity index (χ4n) is 3.07. The molecule has 4 nitrogen and oxygen atoms in total. The van der Waals surface area contributed by atoms with Crippen LogP contribution in [0.3, 0.4) is 0 Å². The lowest BCUT2D eigenvalue weighted by molar-refractivity contribution is -0.126. The molecule has 3 rings (SSSR count). The first-order valence-corrected chi connectivity index (χ1v) is 7.52. The Balaban J connectivity index is 1.77. The summed E-state index contributed by atoms with van der Waals surface area (Å²) < 4.78 is 18.3. The highest BCUT2D eigenvalue weighted by molar-refractivity contribution is 5.89. The quantitative estimate of drug-likeness (QED) is 0.910. The molecule has 0 bridgehead atoms. The molecule has 0 saturated heterocycles. The number of carbonyl (C=O) groups is 1. The molecule has 1 aliphatic rings. The summed E-state index contributed by atoms with van der Waals surface area (Å²) in [6.45, 7) is 0.317. The normalized spacial score (nSPS) is 19.3. The van der Waals surface area contributed by atoms with Crippen molar-refractivity contribution >= 4 is 5.91 Å². The van der Waals surface area contributed by atoms with Crippen LogP contribution in [0, 0.1) is 5.82 Å². The molecule has 0 radical (unpaired) electrons. The second kappa shape index (κ2) is 6.01. The van der Waals surface area contributed by atoms with Gasteiger partial charge < -0.3 is 15.8 Å². The Morgan fingerprint density at radius 2 is 2.04 bits per heavy atom. The third kappa shape index (κ3) is 2.80. The van der Waals surface area contributed by atoms with Crippen molar-refractivity contribution in [3.63, 3.8) is 0 Å². The number of nitrogens with one attached hydrogen (secondary N) is 1. The average molecular weight is 314 g/mol. The van der Waals surface area contributed by atoms with Crippen LogP contribution in [-0.4, -0.2) is 13.0 Å². The Hall–Kier alpha value is -2.40. The molecular formula is C18H19FN2O2. The predicted molar refractivity (Wildman–Crippen MR) is 85.4 cm³/mol. The van der Waals surface area contributed by atoms with Crippen molar-refractivity contribution in [3.8, 4) is 5.75 Å². The summed E-state index contributed by atoms with van der Waals surface area (Å²) in [5.74, 6) is 0.238. The smallest absolute Gasteiger partial charge is 0.244 e. The van der Waals surface area contributed by atoms with Crippen LogP contribution in [0.15, 0.2) is 42.5 Å². The zero-order valence-electron chi connectivity index (χ0n) is 12.9. The molecule has 120 valence electrons. The average Bonchev–Trinajstić information content (AvgIpc) is 2.93. The Morgan fingerprint density at radius 1 is 1.30 bits per heavy atom. The fraction of sp³-hybridized carbons (Fsp3) is 0.278. The molecule has 0 saturated carbocycles. The lowest BCUT2D eigenvalue weighted by Crippen LogP contribution is -2.49. The Bertz CT molecular complexity index is 730. The molecular weight excluding hydrogens is 295 g/mol. The van der Waals surface area contributed by atoms with Gasteiger partial charge in [0.25, 0.3) is 0 Å². The fourth-order valence-corrected chi connectivity index (χ4v) is 3.07. The van der Waals surface area contributed by atoms with Gasteiger partial charge in [0.05, 0.1) is 7.11 Å². The van der Waals surface area contributed by atoms with E-state index in [1.165, 1.54) is 12.1 Å². The lowest BCUT2D eigenvalue weighted by atomic mass is 9.91. The highest BCUT2D eigenvalue weighted by atomic mass is 19.1. The molecule has 5 heteroatoms. The number of amides is 1. The number of hydrogen-bond acceptors (Lipinski definition) is 3. The Labute approximate surface area is 134 Å². The van der Waals surface area contributed by atoms with Crippen molar-refractivity contribution < 1.29 is 13.9 Å². The van der Waals surface area contributed by atoms with E-state index < -0.39 is 5.54 Å². The number of nitrogens with two attached hydrogens (primary N) is 1. The number of carbonyl (C=O) groups excluding carboxylic acids is 1. The summed E-state index contributed by atoms with van der Waals surface area (Å²) in [7, 11) is 1.61. The Morgan fingerprint density at radius 3 is 2.74 bits per heavy atom. The van der Waals surface area contributed by atoms with Crippen LogP contribution < -0.4 is 15.8 Å². The molecule has 0 aromatic heterocycles. The van der Waals surface area contributed by atoms with Gasteiger partial charge in [0.1, 0.15) is 17.1 Å². The van der Waals surface area contributed by atoms with Crippen molar-refractivity contribution in [2.75, 3.05) is 7.11 Å². The van der Waals surface area contributed by atoms with Crippen LogP contribution in [0.1, 0.15) is 23.1 Å². The number of benzene rings is 2. The number of hydrogen-bond donors (Lipinski definition) is 2. The van der Waals surface area contributed by atoms with Crippen molar-refractivity contribution in [2.45, 2.75) is 24.9 Å². The summed E-state index contributed by atoms with van der Waals surface area (Å²) in [5.41, 5.74) is 7.98. The topological polar surface area (TPSA) is 64.3 Å². The van der Waals surface area contributed by atoms with E-state index in [4.69, 9.17) is 10.5 Å². The highest BCUT2D eigenvalue weighted by Crippen LogP contribution is 2.39. The van der Waals surface area contributed by atoms with Gasteiger partial charge >= 0.3 is 0 Å². The lowest BCUT2D eigenvalue weighted by Gasteiger charge is -2.24. The molecule has 23 heavy (non-hydrogen) atoms. The van der Waals surface area contributed by atoms with Gasteiger partial charge in [-0.3, -0.25) is 4.79 Å². The first kappa shape index (κ1) is 15.5. The number of methoxy groups -OCH3 is 1. The van der Waals surface area contributed by atoms with E-state index >= 15 is 0 Å². The first-order chi connectivity index (χ1) is 11.0. The standard InChI is InChI=1S/C18H19FN2O2/c1-23-16-4-2-3-15-14(16)9-10-18(15,20)17(22)21-11-12-5-7-13(19)8-6-12/h2-8H,9-11,20H2,1H3,(H,21,22). The summed E-state index contributed by atoms with van der Waals surface area (Å²) in [5, 5.41) is 2.85. The number of ether oxygens (including phenoxy) is 1. The van der Waals surface area contributed by atoms with Gasteiger partial charge in [0.15, 0.2) is 0 Å². The van der Waals surface area contributed by atoms with E-state index in [-0.39, 0.29) is 11.7 Å². The van der Waals surface area contributed by atoms with Crippen LogP contribution in [0.5, 0.6) is 5.75 Å². The minimum absolute atomic E-state index is 0.228. The zero-order valence-corrected chi connectivity index (χ0v) is 12.9. The SMILES string of the molecule is COc1cccc2c1CCC2(N)C(=O)NCc1ccc(F)cc1. The Kier molecular flexibility index (Phi) is 4.05. The van der Waals surface area contributed by atoms with Crippen molar-refractivity contribution in [2.24, 2.45) is 5.73 Å². The predicted octanol–water partition coefficient (Wildman–Crippen LogP) is 2.25. The van der Waals surface area contributed by atoms with E-state index in [1.807, 2.05) is 18.2 Å². The molecule has 3 N–H and O–H groups in total. The van der Waals surface area contributed by atoms with Crippen molar-refractivity contribution in [1.82, 2.24) is 5.32 Å². The molecule has 0 spiro atoms. The van der Waals surface area contributed by atoms with Gasteiger partial charge in [-0.2, -0.15) is 0 Å². The van der Waals surface area contributed by atoms with Crippen molar-refractivity contribution in [1.29, 1.82) is 0 Å². The van der Waals surface area contributed by atoms with Gasteiger partial charge in [-0.1, -0.05) is 24.3 Å². The van der Waals surface area contributed by atoms with Gasteiger partial charge in [-0.25, -0.2) is 4.39 Å². The van der Waals surface area contributed by atoms with Crippen LogP contribution >= 0.6 is 0 Å². The van der Waals surface area contributed by atoms with E-state index in [2.05, 4.69) is 5.32 Å². The molecule has 1 atom stereocenters. The van der Waals surface area contributed by atoms with E-state index in [9.17, 15) is 9.18 Å². The van der Waals surface area contributed by atoms with Crippen LogP contribution in [0.25, 0.3) is 0 Å². The maximum atomic E-state index is 12.9. The molecule has 2 aromatic carbocycles. The minimum Gasteiger partial charge on any atom is -0.496 e. The molecule has 1 unspecified atom stereocenters. The third-order valence-electron chi connectivity index (χ3n) is 4.37. The highest BCUT2D eigenvalue weighted by Gasteiger charge is 2.42. The molecule has 0 heterocycles. The van der Waals surface area contributed by atoms with Gasteiger partial charge in [0.2, 0.25) is 5.91 Å². The zero-order chi connectivity index (χ0) is 16.4. The van der Waals surface area contributed by atoms with Crippen LogP contribution in [0.4, 0.5) is 4.39 Å². The summed E-state index contributed by atoms with van der Waals surface area (Å²) >= 11 is 0. The second-order valence-corrected chi connectivity index (χ2v) is 5.77. The van der Waals surface area contributed by atoms with Gasteiger partial charge in [-0.05, 0) is 47.7 Å². The first-order valence-electron chi connectivity index (χ1n) is 7.52. The van der Waals surface area contributed by atoms with Crippen LogP contribution in [-0.2, 0) is 23.3 Å².